The van der Waals surface area contributed by atoms with Crippen LogP contribution in [0.5, 0.6) is 0 Å². The molecule has 4 heteroatoms. The zero-order valence-corrected chi connectivity index (χ0v) is 13.9. The zero-order chi connectivity index (χ0) is 14.5. The van der Waals surface area contributed by atoms with Crippen LogP contribution in [0.25, 0.3) is 0 Å². The number of rotatable bonds is 4. The van der Waals surface area contributed by atoms with E-state index in [1.165, 1.54) is 0 Å². The van der Waals surface area contributed by atoms with Crippen LogP contribution < -0.4 is 5.32 Å². The second kappa shape index (κ2) is 7.23. The molecule has 0 spiro atoms. The van der Waals surface area contributed by atoms with Crippen molar-refractivity contribution >= 4 is 21.8 Å². The van der Waals surface area contributed by atoms with E-state index in [1.54, 1.807) is 0 Å². The Morgan fingerprint density at radius 3 is 2.70 bits per heavy atom. The Hall–Kier alpha value is -0.870. The second-order valence-electron chi connectivity index (χ2n) is 5.53. The highest BCUT2D eigenvalue weighted by atomic mass is 79.9. The van der Waals surface area contributed by atoms with Crippen LogP contribution in [0.15, 0.2) is 22.7 Å². The minimum absolute atomic E-state index is 0.152. The normalized spacial score (nSPS) is 16.4. The van der Waals surface area contributed by atoms with Crippen molar-refractivity contribution in [2.24, 2.45) is 5.92 Å². The van der Waals surface area contributed by atoms with Gasteiger partial charge in [-0.2, -0.15) is 0 Å². The fourth-order valence-corrected chi connectivity index (χ4v) is 3.32. The Labute approximate surface area is 129 Å². The highest BCUT2D eigenvalue weighted by Crippen LogP contribution is 2.23. The van der Waals surface area contributed by atoms with E-state index in [-0.39, 0.29) is 5.91 Å². The molecule has 1 aromatic rings. The number of halogens is 1. The van der Waals surface area contributed by atoms with Crippen molar-refractivity contribution in [1.82, 2.24) is 10.2 Å². The number of carbonyl (C=O) groups excluding carboxylic acids is 1. The van der Waals surface area contributed by atoms with Crippen LogP contribution in [0.3, 0.4) is 0 Å². The maximum Gasteiger partial charge on any atom is 0.254 e. The second-order valence-corrected chi connectivity index (χ2v) is 6.38. The number of nitrogens with one attached hydrogen (secondary N) is 1. The molecule has 0 saturated carbocycles. The van der Waals surface area contributed by atoms with Crippen LogP contribution in [0.1, 0.15) is 35.7 Å². The van der Waals surface area contributed by atoms with Crippen molar-refractivity contribution in [3.63, 3.8) is 0 Å². The van der Waals surface area contributed by atoms with Gasteiger partial charge in [0.25, 0.3) is 5.91 Å². The highest BCUT2D eigenvalue weighted by molar-refractivity contribution is 9.10. The molecule has 1 saturated heterocycles. The maximum atomic E-state index is 12.5. The van der Waals surface area contributed by atoms with E-state index in [4.69, 9.17) is 0 Å². The first kappa shape index (κ1) is 15.5. The summed E-state index contributed by atoms with van der Waals surface area (Å²) in [6.07, 6.45) is 2.20. The Kier molecular flexibility index (Phi) is 5.61. The summed E-state index contributed by atoms with van der Waals surface area (Å²) in [5, 5.41) is 3.40. The lowest BCUT2D eigenvalue weighted by atomic mass is 9.96. The number of carbonyl (C=O) groups is 1. The molecule has 1 heterocycles. The molecule has 1 aliphatic rings. The summed E-state index contributed by atoms with van der Waals surface area (Å²) in [5.41, 5.74) is 1.94. The van der Waals surface area contributed by atoms with Crippen LogP contribution in [-0.2, 0) is 0 Å². The van der Waals surface area contributed by atoms with Crippen molar-refractivity contribution < 1.29 is 4.79 Å². The Bertz CT molecular complexity index is 468. The molecule has 0 aromatic heterocycles. The fraction of sp³-hybridized carbons (Fsp3) is 0.562. The zero-order valence-electron chi connectivity index (χ0n) is 12.3. The minimum Gasteiger partial charge on any atom is -0.339 e. The van der Waals surface area contributed by atoms with Gasteiger partial charge in [0.2, 0.25) is 0 Å². The third-order valence-electron chi connectivity index (χ3n) is 3.94. The van der Waals surface area contributed by atoms with Gasteiger partial charge in [-0.1, -0.05) is 13.0 Å². The molecule has 0 aliphatic carbocycles. The molecule has 110 valence electrons. The molecular formula is C16H23BrN2O. The number of benzene rings is 1. The average molecular weight is 339 g/mol. The lowest BCUT2D eigenvalue weighted by Gasteiger charge is -2.32. The van der Waals surface area contributed by atoms with Crippen molar-refractivity contribution in [2.45, 2.75) is 26.7 Å². The van der Waals surface area contributed by atoms with Gasteiger partial charge in [-0.05, 0) is 72.4 Å². The molecule has 20 heavy (non-hydrogen) atoms. The summed E-state index contributed by atoms with van der Waals surface area (Å²) < 4.78 is 0.900. The van der Waals surface area contributed by atoms with Crippen LogP contribution in [0, 0.1) is 12.8 Å². The number of aryl methyl sites for hydroxylation is 1. The SMILES string of the molecule is CCNCC1CCN(C(=O)c2ccc(C)cc2Br)CC1. The number of likely N-dealkylation sites (tertiary alicyclic amines) is 1. The molecule has 0 bridgehead atoms. The van der Waals surface area contributed by atoms with E-state index in [0.29, 0.717) is 5.92 Å². The summed E-state index contributed by atoms with van der Waals surface area (Å²) >= 11 is 3.50. The van der Waals surface area contributed by atoms with Gasteiger partial charge >= 0.3 is 0 Å². The fourth-order valence-electron chi connectivity index (χ4n) is 2.65. The molecule has 0 atom stereocenters. The minimum atomic E-state index is 0.152. The summed E-state index contributed by atoms with van der Waals surface area (Å²) in [6.45, 7) is 8.01. The van der Waals surface area contributed by atoms with E-state index in [1.807, 2.05) is 30.0 Å². The number of piperidine rings is 1. The number of hydrogen-bond acceptors (Lipinski definition) is 2. The molecule has 1 aliphatic heterocycles. The molecule has 0 radical (unpaired) electrons. The first-order chi connectivity index (χ1) is 9.61. The van der Waals surface area contributed by atoms with E-state index in [9.17, 15) is 4.79 Å². The maximum absolute atomic E-state index is 12.5. The van der Waals surface area contributed by atoms with Gasteiger partial charge in [-0.25, -0.2) is 0 Å². The number of amides is 1. The molecule has 3 nitrogen and oxygen atoms in total. The van der Waals surface area contributed by atoms with Crippen LogP contribution in [0.2, 0.25) is 0 Å². The molecular weight excluding hydrogens is 316 g/mol. The number of hydrogen-bond donors (Lipinski definition) is 1. The third kappa shape index (κ3) is 3.83. The van der Waals surface area contributed by atoms with Crippen LogP contribution in [0.4, 0.5) is 0 Å². The first-order valence-electron chi connectivity index (χ1n) is 7.38. The van der Waals surface area contributed by atoms with E-state index < -0.39 is 0 Å². The van der Waals surface area contributed by atoms with Gasteiger partial charge < -0.3 is 10.2 Å². The standard InChI is InChI=1S/C16H23BrN2O/c1-3-18-11-13-6-8-19(9-7-13)16(20)14-5-4-12(2)10-15(14)17/h4-5,10,13,18H,3,6-9,11H2,1-2H3. The lowest BCUT2D eigenvalue weighted by molar-refractivity contribution is 0.0689. The predicted molar refractivity (Wildman–Crippen MR) is 86.1 cm³/mol. The molecule has 1 N–H and O–H groups in total. The van der Waals surface area contributed by atoms with Crippen LogP contribution in [-0.4, -0.2) is 37.0 Å². The van der Waals surface area contributed by atoms with Gasteiger partial charge in [0, 0.05) is 17.6 Å². The highest BCUT2D eigenvalue weighted by Gasteiger charge is 2.24. The van der Waals surface area contributed by atoms with Gasteiger partial charge in [0.05, 0.1) is 5.56 Å². The van der Waals surface area contributed by atoms with E-state index in [2.05, 4.69) is 28.2 Å². The van der Waals surface area contributed by atoms with E-state index in [0.717, 1.165) is 54.6 Å². The van der Waals surface area contributed by atoms with Crippen molar-refractivity contribution in [1.29, 1.82) is 0 Å². The topological polar surface area (TPSA) is 32.3 Å². The summed E-state index contributed by atoms with van der Waals surface area (Å²) in [5.74, 6) is 0.860. The molecule has 1 amide bonds. The van der Waals surface area contributed by atoms with Gasteiger partial charge in [-0.15, -0.1) is 0 Å². The Balaban J connectivity index is 1.94. The van der Waals surface area contributed by atoms with Crippen molar-refractivity contribution in [2.75, 3.05) is 26.2 Å². The summed E-state index contributed by atoms with van der Waals surface area (Å²) in [4.78, 5) is 14.5. The van der Waals surface area contributed by atoms with Crippen molar-refractivity contribution in [3.05, 3.63) is 33.8 Å². The van der Waals surface area contributed by atoms with Gasteiger partial charge in [-0.3, -0.25) is 4.79 Å². The summed E-state index contributed by atoms with van der Waals surface area (Å²) in [7, 11) is 0. The molecule has 2 rings (SSSR count). The predicted octanol–water partition coefficient (Wildman–Crippen LogP) is 3.22. The quantitative estimate of drug-likeness (QED) is 0.914. The third-order valence-corrected chi connectivity index (χ3v) is 4.60. The monoisotopic (exact) mass is 338 g/mol. The van der Waals surface area contributed by atoms with E-state index >= 15 is 0 Å². The van der Waals surface area contributed by atoms with Crippen molar-refractivity contribution in [3.8, 4) is 0 Å². The number of nitrogens with zero attached hydrogens (tertiary/aromatic N) is 1. The largest absolute Gasteiger partial charge is 0.339 e. The van der Waals surface area contributed by atoms with Crippen LogP contribution >= 0.6 is 15.9 Å². The van der Waals surface area contributed by atoms with Gasteiger partial charge in [0.1, 0.15) is 0 Å². The lowest BCUT2D eigenvalue weighted by Crippen LogP contribution is -2.40. The first-order valence-corrected chi connectivity index (χ1v) is 8.17. The van der Waals surface area contributed by atoms with Gasteiger partial charge in [0.15, 0.2) is 0 Å². The molecule has 0 unspecified atom stereocenters. The average Bonchev–Trinajstić information content (AvgIpc) is 2.45. The Morgan fingerprint density at radius 1 is 1.40 bits per heavy atom. The molecule has 1 fully saturated rings. The molecule has 1 aromatic carbocycles. The summed E-state index contributed by atoms with van der Waals surface area (Å²) in [6, 6.07) is 5.92. The Morgan fingerprint density at radius 2 is 2.10 bits per heavy atom. The smallest absolute Gasteiger partial charge is 0.254 e.